The van der Waals surface area contributed by atoms with E-state index in [1.54, 1.807) is 42.5 Å². The van der Waals surface area contributed by atoms with Gasteiger partial charge in [0.2, 0.25) is 0 Å². The van der Waals surface area contributed by atoms with E-state index in [1.807, 2.05) is 0 Å². The lowest BCUT2D eigenvalue weighted by atomic mass is 9.92. The Bertz CT molecular complexity index is 866. The van der Waals surface area contributed by atoms with Crippen molar-refractivity contribution in [2.75, 3.05) is 21.3 Å². The molecule has 0 radical (unpaired) electrons. The van der Waals surface area contributed by atoms with Crippen molar-refractivity contribution in [2.45, 2.75) is 0 Å². The monoisotopic (exact) mass is 354 g/mol. The summed E-state index contributed by atoms with van der Waals surface area (Å²) in [7, 11) is 3.82. The third-order valence-electron chi connectivity index (χ3n) is 3.72. The summed E-state index contributed by atoms with van der Waals surface area (Å²) in [4.78, 5) is 35.7. The summed E-state index contributed by atoms with van der Waals surface area (Å²) in [6.07, 6.45) is 2.66. The van der Waals surface area contributed by atoms with Crippen LogP contribution >= 0.6 is 0 Å². The number of carbonyl (C=O) groups is 3. The van der Waals surface area contributed by atoms with E-state index in [2.05, 4.69) is 4.74 Å². The standard InChI is InChI=1S/C20H18O6/c1-24-18(21)12-11-15-13(9-6-10-17(15)20(23)26-3)14-7-4-5-8-16(14)19(22)25-2/h4-12H,1-3H3/b12-11+. The largest absolute Gasteiger partial charge is 0.466 e. The minimum Gasteiger partial charge on any atom is -0.466 e. The second-order valence-electron chi connectivity index (χ2n) is 5.15. The second-order valence-corrected chi connectivity index (χ2v) is 5.15. The SMILES string of the molecule is COC(=O)/C=C/c1c(C(=O)OC)cccc1-c1ccccc1C(=O)OC. The van der Waals surface area contributed by atoms with Gasteiger partial charge in [0.25, 0.3) is 0 Å². The molecule has 0 unspecified atom stereocenters. The Morgan fingerprint density at radius 1 is 0.731 bits per heavy atom. The van der Waals surface area contributed by atoms with Gasteiger partial charge in [-0.3, -0.25) is 0 Å². The summed E-state index contributed by atoms with van der Waals surface area (Å²) < 4.78 is 14.3. The predicted octanol–water partition coefficient (Wildman–Crippen LogP) is 3.11. The van der Waals surface area contributed by atoms with Gasteiger partial charge in [-0.15, -0.1) is 0 Å². The predicted molar refractivity (Wildman–Crippen MR) is 95.6 cm³/mol. The molecule has 0 N–H and O–H groups in total. The molecule has 2 aromatic rings. The van der Waals surface area contributed by atoms with Crippen LogP contribution in [-0.2, 0) is 19.0 Å². The van der Waals surface area contributed by atoms with Crippen LogP contribution in [0, 0.1) is 0 Å². The highest BCUT2D eigenvalue weighted by atomic mass is 16.5. The number of ether oxygens (including phenoxy) is 3. The normalized spacial score (nSPS) is 10.4. The molecular weight excluding hydrogens is 336 g/mol. The highest BCUT2D eigenvalue weighted by Gasteiger charge is 2.19. The summed E-state index contributed by atoms with van der Waals surface area (Å²) in [5.41, 5.74) is 2.17. The third kappa shape index (κ3) is 3.97. The fourth-order valence-corrected chi connectivity index (χ4v) is 2.49. The zero-order valence-electron chi connectivity index (χ0n) is 14.6. The van der Waals surface area contributed by atoms with Crippen LogP contribution in [0.1, 0.15) is 26.3 Å². The van der Waals surface area contributed by atoms with Crippen molar-refractivity contribution < 1.29 is 28.6 Å². The molecule has 0 heterocycles. The molecule has 2 rings (SSSR count). The number of esters is 3. The lowest BCUT2D eigenvalue weighted by molar-refractivity contribution is -0.134. The first-order valence-electron chi connectivity index (χ1n) is 7.68. The Hall–Kier alpha value is -3.41. The van der Waals surface area contributed by atoms with Crippen molar-refractivity contribution >= 4 is 24.0 Å². The molecule has 0 saturated carbocycles. The fourth-order valence-electron chi connectivity index (χ4n) is 2.49. The number of hydrogen-bond acceptors (Lipinski definition) is 6. The lowest BCUT2D eigenvalue weighted by Crippen LogP contribution is -2.07. The molecule has 0 saturated heterocycles. The first-order chi connectivity index (χ1) is 12.5. The van der Waals surface area contributed by atoms with Gasteiger partial charge in [-0.25, -0.2) is 14.4 Å². The highest BCUT2D eigenvalue weighted by Crippen LogP contribution is 2.31. The first kappa shape index (κ1) is 18.9. The maximum absolute atomic E-state index is 12.1. The summed E-state index contributed by atoms with van der Waals surface area (Å²) >= 11 is 0. The Kier molecular flexibility index (Phi) is 6.27. The molecule has 0 atom stereocenters. The highest BCUT2D eigenvalue weighted by molar-refractivity contribution is 6.03. The van der Waals surface area contributed by atoms with E-state index >= 15 is 0 Å². The van der Waals surface area contributed by atoms with Gasteiger partial charge < -0.3 is 14.2 Å². The topological polar surface area (TPSA) is 78.9 Å². The smallest absolute Gasteiger partial charge is 0.338 e. The van der Waals surface area contributed by atoms with Crippen molar-refractivity contribution in [2.24, 2.45) is 0 Å². The summed E-state index contributed by atoms with van der Waals surface area (Å²) in [6.45, 7) is 0. The van der Waals surface area contributed by atoms with Gasteiger partial charge in [-0.1, -0.05) is 30.3 Å². The molecule has 0 bridgehead atoms. The Labute approximate surface area is 151 Å². The van der Waals surface area contributed by atoms with Crippen molar-refractivity contribution in [3.8, 4) is 11.1 Å². The Morgan fingerprint density at radius 3 is 1.96 bits per heavy atom. The Balaban J connectivity index is 2.74. The molecule has 2 aromatic carbocycles. The van der Waals surface area contributed by atoms with Crippen LogP contribution in [0.2, 0.25) is 0 Å². The van der Waals surface area contributed by atoms with Crippen molar-refractivity contribution in [3.63, 3.8) is 0 Å². The molecule has 6 heteroatoms. The molecule has 134 valence electrons. The number of hydrogen-bond donors (Lipinski definition) is 0. The molecule has 26 heavy (non-hydrogen) atoms. The summed E-state index contributed by atoms with van der Waals surface area (Å²) in [6, 6.07) is 11.8. The number of benzene rings is 2. The third-order valence-corrected chi connectivity index (χ3v) is 3.72. The van der Waals surface area contributed by atoms with Crippen LogP contribution in [0.15, 0.2) is 48.5 Å². The molecule has 0 fully saturated rings. The molecule has 0 spiro atoms. The lowest BCUT2D eigenvalue weighted by Gasteiger charge is -2.13. The minimum absolute atomic E-state index is 0.254. The molecule has 0 aromatic heterocycles. The van der Waals surface area contributed by atoms with Crippen LogP contribution in [0.25, 0.3) is 17.2 Å². The zero-order valence-corrected chi connectivity index (χ0v) is 14.6. The molecule has 0 amide bonds. The maximum Gasteiger partial charge on any atom is 0.338 e. The van der Waals surface area contributed by atoms with E-state index < -0.39 is 17.9 Å². The van der Waals surface area contributed by atoms with Crippen LogP contribution in [-0.4, -0.2) is 39.2 Å². The molecule has 0 aliphatic heterocycles. The van der Waals surface area contributed by atoms with E-state index in [-0.39, 0.29) is 5.56 Å². The molecule has 6 nitrogen and oxygen atoms in total. The van der Waals surface area contributed by atoms with Crippen molar-refractivity contribution in [3.05, 3.63) is 65.2 Å². The number of rotatable bonds is 5. The van der Waals surface area contributed by atoms with Crippen molar-refractivity contribution in [1.29, 1.82) is 0 Å². The van der Waals surface area contributed by atoms with E-state index in [1.165, 1.54) is 33.5 Å². The van der Waals surface area contributed by atoms with Crippen LogP contribution in [0.3, 0.4) is 0 Å². The average Bonchev–Trinajstić information content (AvgIpc) is 2.70. The fraction of sp³-hybridized carbons (Fsp3) is 0.150. The minimum atomic E-state index is -0.572. The molecule has 0 aliphatic rings. The number of carbonyl (C=O) groups excluding carboxylic acids is 3. The van der Waals surface area contributed by atoms with E-state index in [4.69, 9.17) is 9.47 Å². The van der Waals surface area contributed by atoms with E-state index in [0.717, 1.165) is 0 Å². The summed E-state index contributed by atoms with van der Waals surface area (Å²) in [5, 5.41) is 0. The van der Waals surface area contributed by atoms with Crippen LogP contribution in [0.4, 0.5) is 0 Å². The van der Waals surface area contributed by atoms with Gasteiger partial charge >= 0.3 is 17.9 Å². The van der Waals surface area contributed by atoms with Crippen LogP contribution < -0.4 is 0 Å². The van der Waals surface area contributed by atoms with Gasteiger partial charge in [0, 0.05) is 6.08 Å². The van der Waals surface area contributed by atoms with Gasteiger partial charge in [-0.05, 0) is 34.9 Å². The van der Waals surface area contributed by atoms with Gasteiger partial charge in [0.1, 0.15) is 0 Å². The second kappa shape index (κ2) is 8.62. The van der Waals surface area contributed by atoms with Gasteiger partial charge in [-0.2, -0.15) is 0 Å². The first-order valence-corrected chi connectivity index (χ1v) is 7.68. The van der Waals surface area contributed by atoms with E-state index in [9.17, 15) is 14.4 Å². The maximum atomic E-state index is 12.1. The average molecular weight is 354 g/mol. The quantitative estimate of drug-likeness (QED) is 0.466. The van der Waals surface area contributed by atoms with Gasteiger partial charge in [0.05, 0.1) is 32.5 Å². The summed E-state index contributed by atoms with van der Waals surface area (Å²) in [5.74, 6) is -1.64. The van der Waals surface area contributed by atoms with E-state index in [0.29, 0.717) is 22.3 Å². The van der Waals surface area contributed by atoms with Crippen molar-refractivity contribution in [1.82, 2.24) is 0 Å². The zero-order chi connectivity index (χ0) is 19.1. The molecule has 0 aliphatic carbocycles. The van der Waals surface area contributed by atoms with Crippen LogP contribution in [0.5, 0.6) is 0 Å². The molecular formula is C20H18O6. The number of methoxy groups -OCH3 is 3. The van der Waals surface area contributed by atoms with Gasteiger partial charge in [0.15, 0.2) is 0 Å². The Morgan fingerprint density at radius 2 is 1.31 bits per heavy atom.